The van der Waals surface area contributed by atoms with E-state index >= 15 is 8.78 Å². The van der Waals surface area contributed by atoms with E-state index in [1.165, 1.54) is 24.3 Å². The predicted octanol–water partition coefficient (Wildman–Crippen LogP) is 5.09. The molecule has 0 spiro atoms. The first-order valence-electron chi connectivity index (χ1n) is 27.5. The summed E-state index contributed by atoms with van der Waals surface area (Å²) in [6, 6.07) is 7.56. The molecule has 2 aliphatic heterocycles. The molecule has 3 N–H and O–H groups in total. The Hall–Kier alpha value is -8.36. The Balaban J connectivity index is 2.33. The molecule has 0 bridgehead atoms. The molecule has 0 saturated carbocycles. The summed E-state index contributed by atoms with van der Waals surface area (Å²) in [5.41, 5.74) is -2.69. The summed E-state index contributed by atoms with van der Waals surface area (Å²) in [6.45, 7) is -4.90. The van der Waals surface area contributed by atoms with Gasteiger partial charge < -0.3 is 82.3 Å². The van der Waals surface area contributed by atoms with E-state index in [1.54, 1.807) is 6.07 Å². The van der Waals surface area contributed by atoms with Gasteiger partial charge in [0.2, 0.25) is 5.91 Å². The van der Waals surface area contributed by atoms with Gasteiger partial charge >= 0.3 is 108 Å². The van der Waals surface area contributed by atoms with Gasteiger partial charge in [0, 0.05) is 68.4 Å². The van der Waals surface area contributed by atoms with E-state index in [9.17, 15) is 119 Å². The van der Waals surface area contributed by atoms with Crippen molar-refractivity contribution in [2.24, 2.45) is 0 Å². The maximum absolute atomic E-state index is 15.1. The number of esters is 8. The van der Waals surface area contributed by atoms with Crippen molar-refractivity contribution in [2.45, 2.75) is 183 Å². The number of ether oxygens (including phenoxy) is 14. The molecule has 3 rings (SSSR count). The second kappa shape index (κ2) is 33.5. The largest absolute Gasteiger partial charge is 0.463 e. The third-order valence-corrected chi connectivity index (χ3v) is 12.9. The molecule has 2 saturated heterocycles. The molecule has 0 unspecified atom stereocenters. The van der Waals surface area contributed by atoms with Gasteiger partial charge in [-0.05, 0) is 5.56 Å². The van der Waals surface area contributed by atoms with Gasteiger partial charge in [0.1, 0.15) is 50.7 Å². The van der Waals surface area contributed by atoms with E-state index in [2.05, 4.69) is 5.32 Å². The van der Waals surface area contributed by atoms with E-state index in [-0.39, 0.29) is 0 Å². The molecule has 1 aromatic carbocycles. The Morgan fingerprint density at radius 2 is 0.765 bits per heavy atom. The van der Waals surface area contributed by atoms with Gasteiger partial charge in [-0.15, -0.1) is 0 Å². The number of carbonyl (C=O) groups excluding carboxylic acids is 11. The van der Waals surface area contributed by atoms with Crippen molar-refractivity contribution in [3.8, 4) is 0 Å². The normalized spacial score (nSPS) is 22.4. The Morgan fingerprint density at radius 1 is 0.408 bits per heavy atom. The van der Waals surface area contributed by atoms with Gasteiger partial charge in [-0.1, -0.05) is 30.3 Å². The molecule has 2 fully saturated rings. The fourth-order valence-corrected chi connectivity index (χ4v) is 8.56. The fourth-order valence-electron chi connectivity index (χ4n) is 8.56. The summed E-state index contributed by atoms with van der Waals surface area (Å²) in [6.07, 6.45) is -36.3. The highest BCUT2D eigenvalue weighted by atomic mass is 19.4. The second-order valence-corrected chi connectivity index (χ2v) is 20.9. The van der Waals surface area contributed by atoms with E-state index < -0.39 is 240 Å². The van der Waals surface area contributed by atoms with Crippen LogP contribution in [0.2, 0.25) is 0 Å². The SMILES string of the molecule is CC(=O)OC[C@H]1O[C@@H](OCC(COC(=O)NCCC(F)(F)C(F)(F)C(F)(F)C(F)(F)C(F)(F)C(F)(F)C(F)(F)C(F)(F)F)(CO[C@@H]2O[C@H](COC(C)=O)[C@H](OC(C)=O)[C@H](OC(C)=O)[C@H]2OC(C)=O)NC(=O)CNC(=O)OCc2ccccc2)[C@H](OC(C)=O)[C@@H](OC(C)=O)[C@H]1OC(C)=O. The zero-order valence-electron chi connectivity index (χ0n) is 51.7. The number of rotatable bonds is 32. The lowest BCUT2D eigenvalue weighted by Crippen LogP contribution is -2.74. The Bertz CT molecular complexity index is 2910. The van der Waals surface area contributed by atoms with Gasteiger partial charge in [-0.3, -0.25) is 43.2 Å². The summed E-state index contributed by atoms with van der Waals surface area (Å²) < 4.78 is 315. The smallest absolute Gasteiger partial charge is 0.460 e. The molecule has 1 aromatic rings. The van der Waals surface area contributed by atoms with E-state index in [0.29, 0.717) is 19.4 Å². The van der Waals surface area contributed by atoms with Crippen molar-refractivity contribution in [1.82, 2.24) is 16.0 Å². The van der Waals surface area contributed by atoms with Gasteiger partial charge in [0.25, 0.3) is 0 Å². The van der Waals surface area contributed by atoms with Crippen LogP contribution in [0.5, 0.6) is 0 Å². The van der Waals surface area contributed by atoms with Crippen LogP contribution < -0.4 is 16.0 Å². The van der Waals surface area contributed by atoms with Crippen LogP contribution in [-0.2, 0) is 116 Å². The van der Waals surface area contributed by atoms with Crippen LogP contribution in [0.3, 0.4) is 0 Å². The zero-order valence-corrected chi connectivity index (χ0v) is 51.7. The molecule has 28 nitrogen and oxygen atoms in total. The number of hydrogen-bond acceptors (Lipinski definition) is 25. The van der Waals surface area contributed by atoms with Crippen LogP contribution in [0.4, 0.5) is 84.2 Å². The lowest BCUT2D eigenvalue weighted by molar-refractivity contribution is -0.461. The van der Waals surface area contributed by atoms with E-state index in [0.717, 1.165) is 46.9 Å². The lowest BCUT2D eigenvalue weighted by Gasteiger charge is -2.46. The first-order chi connectivity index (χ1) is 44.8. The van der Waals surface area contributed by atoms with Gasteiger partial charge in [0.05, 0.1) is 13.2 Å². The van der Waals surface area contributed by atoms with Gasteiger partial charge in [0.15, 0.2) is 49.2 Å². The Labute approximate surface area is 539 Å². The van der Waals surface area contributed by atoms with Crippen molar-refractivity contribution in [3.63, 3.8) is 0 Å². The van der Waals surface area contributed by atoms with E-state index in [4.69, 9.17) is 66.3 Å². The maximum atomic E-state index is 15.1. The fraction of sp³-hybridized carbons (Fsp3) is 0.679. The number of nitrogens with one attached hydrogen (secondary N) is 3. The van der Waals surface area contributed by atoms with Crippen molar-refractivity contribution in [3.05, 3.63) is 35.9 Å². The highest BCUT2D eigenvalue weighted by Gasteiger charge is 2.95. The minimum absolute atomic E-state index is 0.363. The summed E-state index contributed by atoms with van der Waals surface area (Å²) in [4.78, 5) is 140. The molecule has 10 atom stereocenters. The average molecular weight is 1460 g/mol. The van der Waals surface area contributed by atoms with Crippen molar-refractivity contribution in [1.29, 1.82) is 0 Å². The first kappa shape index (κ1) is 83.9. The van der Waals surface area contributed by atoms with Crippen LogP contribution in [0.15, 0.2) is 30.3 Å². The van der Waals surface area contributed by atoms with Crippen molar-refractivity contribution in [2.75, 3.05) is 46.1 Å². The van der Waals surface area contributed by atoms with Crippen LogP contribution >= 0.6 is 0 Å². The molecular formula is C53H60F17N3O25. The number of alkyl halides is 17. The molecule has 0 aliphatic carbocycles. The summed E-state index contributed by atoms with van der Waals surface area (Å²) in [5.74, 6) is -70.4. The Kier molecular flexibility index (Phi) is 28.6. The highest BCUT2D eigenvalue weighted by molar-refractivity contribution is 5.83. The minimum atomic E-state index is -8.97. The predicted molar refractivity (Wildman–Crippen MR) is 276 cm³/mol. The molecule has 98 heavy (non-hydrogen) atoms. The average Bonchev–Trinajstić information content (AvgIpc) is 0.696. The summed E-state index contributed by atoms with van der Waals surface area (Å²) >= 11 is 0. The summed E-state index contributed by atoms with van der Waals surface area (Å²) in [5, 5.41) is 5.17. The molecule has 3 amide bonds. The minimum Gasteiger partial charge on any atom is -0.463 e. The third kappa shape index (κ3) is 21.1. The molecular weight excluding hydrogens is 1400 g/mol. The van der Waals surface area contributed by atoms with Crippen LogP contribution in [-0.4, -0.2) is 227 Å². The topological polar surface area (TPSA) is 353 Å². The van der Waals surface area contributed by atoms with Gasteiger partial charge in [-0.2, -0.15) is 74.6 Å². The first-order valence-corrected chi connectivity index (χ1v) is 27.5. The number of halogens is 17. The molecule has 0 radical (unpaired) electrons. The second-order valence-electron chi connectivity index (χ2n) is 20.9. The van der Waals surface area contributed by atoms with Crippen LogP contribution in [0.1, 0.15) is 67.4 Å². The molecule has 0 aromatic heterocycles. The monoisotopic (exact) mass is 1460 g/mol. The van der Waals surface area contributed by atoms with Crippen LogP contribution in [0.25, 0.3) is 0 Å². The zero-order chi connectivity index (χ0) is 75.1. The van der Waals surface area contributed by atoms with Crippen LogP contribution in [0, 0.1) is 0 Å². The molecule has 556 valence electrons. The molecule has 45 heteroatoms. The third-order valence-electron chi connectivity index (χ3n) is 12.9. The number of carbonyl (C=O) groups is 11. The molecule has 2 heterocycles. The van der Waals surface area contributed by atoms with E-state index in [1.807, 2.05) is 5.32 Å². The number of alkyl carbamates (subject to hydrolysis) is 2. The lowest BCUT2D eigenvalue weighted by atomic mass is 9.88. The Morgan fingerprint density at radius 3 is 1.14 bits per heavy atom. The highest BCUT2D eigenvalue weighted by Crippen LogP contribution is 2.64. The molecule has 2 aliphatic rings. The van der Waals surface area contributed by atoms with Crippen molar-refractivity contribution < 1.29 is 194 Å². The standard InChI is InChI=1S/C53H60F17N3O25/c1-23(74)85-18-32-35(91-25(3)76)37(93-27(5)78)39(95-29(7)80)41(97-32)88-20-45(73-34(82)16-72-44(84)87-17-31-12-10-9-11-13-31,21-89-42-40(96-30(8)81)38(94-28(6)79)36(92-26(4)77)33(98-42)19-86-24(2)75)22-90-43(83)71-15-14-46(54,55)47(56,57)48(58,59)49(60,61)50(62,63)51(64,65)52(66,67)53(68,69)70/h9-13,32-33,35-42H,14-22H2,1-8H3,(H,71,83)(H,72,84)(H,73,82)/t32-,33-,35+,36+,37+,38+,39-,40-,41-,42-/m1/s1. The number of benzene rings is 1. The maximum Gasteiger partial charge on any atom is 0.460 e. The van der Waals surface area contributed by atoms with Gasteiger partial charge in [-0.25, -0.2) is 9.59 Å². The summed E-state index contributed by atoms with van der Waals surface area (Å²) in [7, 11) is 0. The number of hydrogen-bond donors (Lipinski definition) is 3. The van der Waals surface area contributed by atoms with Crippen molar-refractivity contribution >= 4 is 65.8 Å². The quantitative estimate of drug-likeness (QED) is 0.0480. The number of amides is 3.